The SMILES string of the molecule is O=S(=O)(NCC1CC1)c1ccc(N2CCN(c3cnccn3)CC2)nc1. The molecule has 1 saturated carbocycles. The summed E-state index contributed by atoms with van der Waals surface area (Å²) < 4.78 is 27.2. The molecule has 1 N–H and O–H groups in total. The summed E-state index contributed by atoms with van der Waals surface area (Å²) >= 11 is 0. The Morgan fingerprint density at radius 1 is 0.962 bits per heavy atom. The molecule has 0 unspecified atom stereocenters. The molecular weight excluding hydrogens is 352 g/mol. The van der Waals surface area contributed by atoms with Crippen LogP contribution in [0.15, 0.2) is 41.8 Å². The van der Waals surface area contributed by atoms with Gasteiger partial charge in [-0.15, -0.1) is 0 Å². The summed E-state index contributed by atoms with van der Waals surface area (Å²) in [4.78, 5) is 17.4. The molecule has 0 bridgehead atoms. The predicted molar refractivity (Wildman–Crippen MR) is 98.6 cm³/mol. The molecule has 138 valence electrons. The second-order valence-electron chi connectivity index (χ2n) is 6.69. The second-order valence-corrected chi connectivity index (χ2v) is 8.45. The van der Waals surface area contributed by atoms with Crippen molar-refractivity contribution in [2.24, 2.45) is 5.92 Å². The van der Waals surface area contributed by atoms with Crippen molar-refractivity contribution in [1.29, 1.82) is 0 Å². The zero-order chi connectivity index (χ0) is 18.0. The van der Waals surface area contributed by atoms with Crippen LogP contribution >= 0.6 is 0 Å². The quantitative estimate of drug-likeness (QED) is 0.803. The molecule has 0 radical (unpaired) electrons. The fourth-order valence-electron chi connectivity index (χ4n) is 2.97. The molecule has 2 aliphatic rings. The minimum atomic E-state index is -3.46. The molecule has 0 amide bonds. The first kappa shape index (κ1) is 17.2. The molecule has 26 heavy (non-hydrogen) atoms. The number of nitrogens with zero attached hydrogens (tertiary/aromatic N) is 5. The van der Waals surface area contributed by atoms with E-state index >= 15 is 0 Å². The van der Waals surface area contributed by atoms with Gasteiger partial charge in [0.25, 0.3) is 0 Å². The Bertz CT molecular complexity index is 831. The second kappa shape index (κ2) is 7.16. The number of sulfonamides is 1. The molecule has 4 rings (SSSR count). The first-order valence-corrected chi connectivity index (χ1v) is 10.3. The highest BCUT2D eigenvalue weighted by Crippen LogP contribution is 2.28. The fraction of sp³-hybridized carbons (Fsp3) is 0.471. The lowest BCUT2D eigenvalue weighted by Gasteiger charge is -2.35. The van der Waals surface area contributed by atoms with Crippen molar-refractivity contribution in [3.63, 3.8) is 0 Å². The molecule has 3 heterocycles. The number of nitrogens with one attached hydrogen (secondary N) is 1. The van der Waals surface area contributed by atoms with E-state index in [0.29, 0.717) is 12.5 Å². The molecule has 0 aromatic carbocycles. The molecule has 2 aromatic rings. The monoisotopic (exact) mass is 374 g/mol. The third-order valence-electron chi connectivity index (χ3n) is 4.77. The minimum Gasteiger partial charge on any atom is -0.353 e. The predicted octanol–water partition coefficient (Wildman–Crippen LogP) is 0.886. The standard InChI is InChI=1S/C17H22N6O2S/c24-26(25,21-11-14-1-2-14)15-3-4-16(20-12-15)22-7-9-23(10-8-22)17-13-18-5-6-19-17/h3-6,12-14,21H,1-2,7-11H2. The Morgan fingerprint density at radius 3 is 2.27 bits per heavy atom. The lowest BCUT2D eigenvalue weighted by atomic mass is 10.3. The van der Waals surface area contributed by atoms with Crippen LogP contribution in [0.3, 0.4) is 0 Å². The van der Waals surface area contributed by atoms with Gasteiger partial charge in [-0.1, -0.05) is 0 Å². The largest absolute Gasteiger partial charge is 0.353 e. The van der Waals surface area contributed by atoms with Gasteiger partial charge in [-0.05, 0) is 30.9 Å². The maximum atomic E-state index is 12.3. The van der Waals surface area contributed by atoms with E-state index < -0.39 is 10.0 Å². The first-order valence-electron chi connectivity index (χ1n) is 8.83. The van der Waals surface area contributed by atoms with Gasteiger partial charge < -0.3 is 9.80 Å². The van der Waals surface area contributed by atoms with Crippen LogP contribution in [0.25, 0.3) is 0 Å². The van der Waals surface area contributed by atoms with Gasteiger partial charge in [0.05, 0.1) is 6.20 Å². The Hall–Kier alpha value is -2.26. The van der Waals surface area contributed by atoms with Crippen LogP contribution in [-0.2, 0) is 10.0 Å². The first-order chi connectivity index (χ1) is 12.6. The molecule has 0 spiro atoms. The minimum absolute atomic E-state index is 0.222. The molecular formula is C17H22N6O2S. The number of pyridine rings is 1. The zero-order valence-corrected chi connectivity index (χ0v) is 15.3. The van der Waals surface area contributed by atoms with Crippen molar-refractivity contribution in [3.8, 4) is 0 Å². The number of hydrogen-bond donors (Lipinski definition) is 1. The van der Waals surface area contributed by atoms with Gasteiger partial charge in [-0.2, -0.15) is 0 Å². The number of hydrogen-bond acceptors (Lipinski definition) is 7. The van der Waals surface area contributed by atoms with E-state index in [0.717, 1.165) is 50.7 Å². The highest BCUT2D eigenvalue weighted by molar-refractivity contribution is 7.89. The summed E-state index contributed by atoms with van der Waals surface area (Å²) in [6.45, 7) is 3.77. The molecule has 1 aliphatic heterocycles. The highest BCUT2D eigenvalue weighted by Gasteiger charge is 2.25. The summed E-state index contributed by atoms with van der Waals surface area (Å²) in [5, 5.41) is 0. The van der Waals surface area contributed by atoms with E-state index in [1.54, 1.807) is 30.7 Å². The number of anilines is 2. The Balaban J connectivity index is 1.37. The molecule has 1 aliphatic carbocycles. The molecule has 1 saturated heterocycles. The smallest absolute Gasteiger partial charge is 0.242 e. The van der Waals surface area contributed by atoms with Crippen molar-refractivity contribution in [3.05, 3.63) is 36.9 Å². The van der Waals surface area contributed by atoms with Crippen LogP contribution < -0.4 is 14.5 Å². The van der Waals surface area contributed by atoms with Crippen molar-refractivity contribution >= 4 is 21.7 Å². The normalized spacial score (nSPS) is 18.2. The van der Waals surface area contributed by atoms with Crippen LogP contribution in [0.2, 0.25) is 0 Å². The summed E-state index contributed by atoms with van der Waals surface area (Å²) in [6, 6.07) is 3.41. The molecule has 9 heteroatoms. The average Bonchev–Trinajstić information content (AvgIpc) is 3.52. The molecule has 0 atom stereocenters. The van der Waals surface area contributed by atoms with Gasteiger partial charge in [-0.3, -0.25) is 4.98 Å². The van der Waals surface area contributed by atoms with Gasteiger partial charge >= 0.3 is 0 Å². The fourth-order valence-corrected chi connectivity index (χ4v) is 4.03. The third-order valence-corrected chi connectivity index (χ3v) is 6.18. The van der Waals surface area contributed by atoms with Crippen molar-refractivity contribution in [2.75, 3.05) is 42.5 Å². The van der Waals surface area contributed by atoms with Crippen molar-refractivity contribution < 1.29 is 8.42 Å². The van der Waals surface area contributed by atoms with Gasteiger partial charge in [0, 0.05) is 51.3 Å². The van der Waals surface area contributed by atoms with E-state index in [9.17, 15) is 8.42 Å². The topological polar surface area (TPSA) is 91.3 Å². The summed E-state index contributed by atoms with van der Waals surface area (Å²) in [7, 11) is -3.46. The van der Waals surface area contributed by atoms with Gasteiger partial charge in [-0.25, -0.2) is 23.1 Å². The van der Waals surface area contributed by atoms with Crippen LogP contribution in [0.1, 0.15) is 12.8 Å². The lowest BCUT2D eigenvalue weighted by Crippen LogP contribution is -2.47. The summed E-state index contributed by atoms with van der Waals surface area (Å²) in [5.41, 5.74) is 0. The Labute approximate surface area is 153 Å². The molecule has 8 nitrogen and oxygen atoms in total. The van der Waals surface area contributed by atoms with E-state index in [2.05, 4.69) is 29.5 Å². The van der Waals surface area contributed by atoms with Crippen molar-refractivity contribution in [1.82, 2.24) is 19.7 Å². The van der Waals surface area contributed by atoms with Crippen LogP contribution in [-0.4, -0.2) is 56.1 Å². The number of rotatable bonds is 6. The van der Waals surface area contributed by atoms with E-state index in [-0.39, 0.29) is 4.90 Å². The van der Waals surface area contributed by atoms with Gasteiger partial charge in [0.1, 0.15) is 16.5 Å². The summed E-state index contributed by atoms with van der Waals surface area (Å²) in [5.74, 6) is 2.18. The highest BCUT2D eigenvalue weighted by atomic mass is 32.2. The average molecular weight is 374 g/mol. The number of aromatic nitrogens is 3. The van der Waals surface area contributed by atoms with Crippen LogP contribution in [0.4, 0.5) is 11.6 Å². The van der Waals surface area contributed by atoms with E-state index in [1.165, 1.54) is 6.20 Å². The van der Waals surface area contributed by atoms with E-state index in [4.69, 9.17) is 0 Å². The molecule has 2 fully saturated rings. The van der Waals surface area contributed by atoms with Crippen LogP contribution in [0.5, 0.6) is 0 Å². The Kier molecular flexibility index (Phi) is 4.73. The third kappa shape index (κ3) is 3.94. The van der Waals surface area contributed by atoms with Gasteiger partial charge in [0.2, 0.25) is 10.0 Å². The lowest BCUT2D eigenvalue weighted by molar-refractivity contribution is 0.577. The maximum absolute atomic E-state index is 12.3. The number of piperazine rings is 1. The Morgan fingerprint density at radius 2 is 1.69 bits per heavy atom. The zero-order valence-electron chi connectivity index (χ0n) is 14.5. The molecule has 2 aromatic heterocycles. The van der Waals surface area contributed by atoms with Crippen LogP contribution in [0, 0.1) is 5.92 Å². The van der Waals surface area contributed by atoms with Crippen molar-refractivity contribution in [2.45, 2.75) is 17.7 Å². The summed E-state index contributed by atoms with van der Waals surface area (Å²) in [6.07, 6.45) is 8.79. The van der Waals surface area contributed by atoms with E-state index in [1.807, 2.05) is 0 Å². The maximum Gasteiger partial charge on any atom is 0.242 e. The van der Waals surface area contributed by atoms with Gasteiger partial charge in [0.15, 0.2) is 0 Å².